The molecular formula is C11H17NO4. The minimum Gasteiger partial charge on any atom is -0.467 e. The monoisotopic (exact) mass is 227 g/mol. The Labute approximate surface area is 94.7 Å². The molecule has 0 unspecified atom stereocenters. The summed E-state index contributed by atoms with van der Waals surface area (Å²) >= 11 is 0. The van der Waals surface area contributed by atoms with Crippen molar-refractivity contribution in [3.63, 3.8) is 0 Å². The first-order valence-corrected chi connectivity index (χ1v) is 5.41. The molecule has 1 atom stereocenters. The third-order valence-electron chi connectivity index (χ3n) is 2.67. The van der Waals surface area contributed by atoms with Crippen LogP contribution in [-0.2, 0) is 19.1 Å². The highest BCUT2D eigenvalue weighted by Crippen LogP contribution is 2.20. The Hall–Kier alpha value is -1.39. The maximum absolute atomic E-state index is 11.7. The molecule has 0 saturated carbocycles. The Bertz CT molecular complexity index is 295. The van der Waals surface area contributed by atoms with E-state index in [-0.39, 0.29) is 17.7 Å². The maximum atomic E-state index is 11.7. The van der Waals surface area contributed by atoms with Crippen molar-refractivity contribution in [2.75, 3.05) is 7.11 Å². The van der Waals surface area contributed by atoms with E-state index in [4.69, 9.17) is 0 Å². The molecule has 1 heterocycles. The quantitative estimate of drug-likeness (QED) is 0.526. The molecule has 1 aliphatic heterocycles. The second-order valence-corrected chi connectivity index (χ2v) is 4.22. The largest absolute Gasteiger partial charge is 0.467 e. The first-order valence-electron chi connectivity index (χ1n) is 5.41. The number of hydrogen-bond acceptors (Lipinski definition) is 4. The van der Waals surface area contributed by atoms with Gasteiger partial charge in [-0.25, -0.2) is 4.79 Å². The van der Waals surface area contributed by atoms with Crippen molar-refractivity contribution in [1.29, 1.82) is 0 Å². The summed E-state index contributed by atoms with van der Waals surface area (Å²) in [5, 5.41) is 0. The lowest BCUT2D eigenvalue weighted by atomic mass is 9.98. The van der Waals surface area contributed by atoms with Gasteiger partial charge in [0.05, 0.1) is 7.11 Å². The second kappa shape index (κ2) is 5.09. The third kappa shape index (κ3) is 2.40. The molecule has 0 aromatic heterocycles. The first kappa shape index (κ1) is 12.7. The van der Waals surface area contributed by atoms with E-state index in [0.29, 0.717) is 19.3 Å². The summed E-state index contributed by atoms with van der Waals surface area (Å²) < 4.78 is 4.64. The number of amides is 2. The molecule has 5 heteroatoms. The van der Waals surface area contributed by atoms with Gasteiger partial charge in [-0.2, -0.15) is 0 Å². The Morgan fingerprint density at radius 2 is 1.75 bits per heavy atom. The summed E-state index contributed by atoms with van der Waals surface area (Å²) in [5.41, 5.74) is 0. The molecule has 0 aromatic rings. The highest BCUT2D eigenvalue weighted by Gasteiger charge is 2.38. The van der Waals surface area contributed by atoms with Gasteiger partial charge >= 0.3 is 5.97 Å². The number of carbonyl (C=O) groups excluding carboxylic acids is 3. The zero-order valence-corrected chi connectivity index (χ0v) is 9.86. The summed E-state index contributed by atoms with van der Waals surface area (Å²) in [7, 11) is 1.26. The van der Waals surface area contributed by atoms with Gasteiger partial charge in [-0.3, -0.25) is 14.5 Å². The lowest BCUT2D eigenvalue weighted by Crippen LogP contribution is -2.53. The topological polar surface area (TPSA) is 63.7 Å². The zero-order valence-electron chi connectivity index (χ0n) is 9.86. The number of imide groups is 1. The van der Waals surface area contributed by atoms with Gasteiger partial charge in [0.2, 0.25) is 11.8 Å². The molecule has 0 aromatic carbocycles. The van der Waals surface area contributed by atoms with Crippen LogP contribution in [-0.4, -0.2) is 35.8 Å². The molecule has 0 radical (unpaired) electrons. The molecule has 0 bridgehead atoms. The van der Waals surface area contributed by atoms with E-state index in [2.05, 4.69) is 4.74 Å². The number of rotatable bonds is 3. The smallest absolute Gasteiger partial charge is 0.329 e. The second-order valence-electron chi connectivity index (χ2n) is 4.22. The summed E-state index contributed by atoms with van der Waals surface area (Å²) in [6.07, 6.45) is 1.22. The van der Waals surface area contributed by atoms with Crippen molar-refractivity contribution >= 4 is 17.8 Å². The predicted octanol–water partition coefficient (Wildman–Crippen LogP) is 0.723. The lowest BCUT2D eigenvalue weighted by Gasteiger charge is -2.33. The predicted molar refractivity (Wildman–Crippen MR) is 56.3 cm³/mol. The highest BCUT2D eigenvalue weighted by atomic mass is 16.5. The van der Waals surface area contributed by atoms with E-state index >= 15 is 0 Å². The normalized spacial score (nSPS) is 18.9. The maximum Gasteiger partial charge on any atom is 0.329 e. The van der Waals surface area contributed by atoms with E-state index in [1.807, 2.05) is 0 Å². The summed E-state index contributed by atoms with van der Waals surface area (Å²) in [4.78, 5) is 36.0. The van der Waals surface area contributed by atoms with Crippen molar-refractivity contribution in [3.8, 4) is 0 Å². The number of ether oxygens (including phenoxy) is 1. The van der Waals surface area contributed by atoms with Crippen LogP contribution in [0.2, 0.25) is 0 Å². The average molecular weight is 227 g/mol. The van der Waals surface area contributed by atoms with E-state index in [1.165, 1.54) is 7.11 Å². The summed E-state index contributed by atoms with van der Waals surface area (Å²) in [6, 6.07) is -0.787. The standard InChI is InChI=1S/C11H17NO4/c1-7(2)10(11(15)16-3)12-8(13)5-4-6-9(12)14/h7,10H,4-6H2,1-3H3/t10-/m0/s1. The molecule has 5 nitrogen and oxygen atoms in total. The van der Waals surface area contributed by atoms with Crippen molar-refractivity contribution in [2.45, 2.75) is 39.2 Å². The van der Waals surface area contributed by atoms with Crippen LogP contribution in [0.5, 0.6) is 0 Å². The van der Waals surface area contributed by atoms with E-state index in [1.54, 1.807) is 13.8 Å². The Kier molecular flexibility index (Phi) is 4.04. The summed E-state index contributed by atoms with van der Waals surface area (Å²) in [5.74, 6) is -1.22. The minimum absolute atomic E-state index is 0.140. The fourth-order valence-corrected chi connectivity index (χ4v) is 1.88. The Morgan fingerprint density at radius 3 is 2.12 bits per heavy atom. The number of hydrogen-bond donors (Lipinski definition) is 0. The molecule has 0 spiro atoms. The van der Waals surface area contributed by atoms with Crippen molar-refractivity contribution in [3.05, 3.63) is 0 Å². The van der Waals surface area contributed by atoms with Gasteiger partial charge in [-0.15, -0.1) is 0 Å². The molecular weight excluding hydrogens is 210 g/mol. The third-order valence-corrected chi connectivity index (χ3v) is 2.67. The first-order chi connectivity index (χ1) is 7.49. The molecule has 0 N–H and O–H groups in total. The van der Waals surface area contributed by atoms with Crippen LogP contribution in [0.3, 0.4) is 0 Å². The van der Waals surface area contributed by atoms with Crippen LogP contribution >= 0.6 is 0 Å². The number of piperidine rings is 1. The van der Waals surface area contributed by atoms with Gasteiger partial charge in [-0.05, 0) is 12.3 Å². The Morgan fingerprint density at radius 1 is 1.25 bits per heavy atom. The summed E-state index contributed by atoms with van der Waals surface area (Å²) in [6.45, 7) is 3.58. The van der Waals surface area contributed by atoms with Gasteiger partial charge in [-0.1, -0.05) is 13.8 Å². The minimum atomic E-state index is -0.787. The molecule has 1 aliphatic rings. The van der Waals surface area contributed by atoms with E-state index < -0.39 is 12.0 Å². The molecule has 90 valence electrons. The molecule has 1 saturated heterocycles. The fraction of sp³-hybridized carbons (Fsp3) is 0.727. The number of nitrogens with zero attached hydrogens (tertiary/aromatic N) is 1. The van der Waals surface area contributed by atoms with Gasteiger partial charge in [0.15, 0.2) is 0 Å². The van der Waals surface area contributed by atoms with Gasteiger partial charge in [0.25, 0.3) is 0 Å². The lowest BCUT2D eigenvalue weighted by molar-refractivity contribution is -0.163. The van der Waals surface area contributed by atoms with Crippen LogP contribution in [0, 0.1) is 5.92 Å². The zero-order chi connectivity index (χ0) is 12.3. The molecule has 1 rings (SSSR count). The number of esters is 1. The fourth-order valence-electron chi connectivity index (χ4n) is 1.88. The number of likely N-dealkylation sites (tertiary alicyclic amines) is 1. The van der Waals surface area contributed by atoms with Crippen LogP contribution in [0.15, 0.2) is 0 Å². The van der Waals surface area contributed by atoms with Crippen LogP contribution in [0.1, 0.15) is 33.1 Å². The van der Waals surface area contributed by atoms with Crippen molar-refractivity contribution in [2.24, 2.45) is 5.92 Å². The van der Waals surface area contributed by atoms with Gasteiger partial charge in [0, 0.05) is 12.8 Å². The molecule has 1 fully saturated rings. The highest BCUT2D eigenvalue weighted by molar-refractivity contribution is 6.01. The number of carbonyl (C=O) groups is 3. The average Bonchev–Trinajstić information content (AvgIpc) is 2.22. The SMILES string of the molecule is COC(=O)[C@H](C(C)C)N1C(=O)CCCC1=O. The molecule has 2 amide bonds. The number of methoxy groups -OCH3 is 1. The molecule has 16 heavy (non-hydrogen) atoms. The van der Waals surface area contributed by atoms with Crippen molar-refractivity contribution in [1.82, 2.24) is 4.90 Å². The van der Waals surface area contributed by atoms with Crippen LogP contribution < -0.4 is 0 Å². The van der Waals surface area contributed by atoms with E-state index in [9.17, 15) is 14.4 Å². The van der Waals surface area contributed by atoms with Crippen molar-refractivity contribution < 1.29 is 19.1 Å². The van der Waals surface area contributed by atoms with Crippen LogP contribution in [0.25, 0.3) is 0 Å². The Balaban J connectivity index is 2.95. The van der Waals surface area contributed by atoms with Gasteiger partial charge < -0.3 is 4.74 Å². The van der Waals surface area contributed by atoms with Crippen LogP contribution in [0.4, 0.5) is 0 Å². The molecule has 0 aliphatic carbocycles. The van der Waals surface area contributed by atoms with Gasteiger partial charge in [0.1, 0.15) is 6.04 Å². The van der Waals surface area contributed by atoms with E-state index in [0.717, 1.165) is 4.90 Å².